The first-order chi connectivity index (χ1) is 11.2. The van der Waals surface area contributed by atoms with Gasteiger partial charge in [0.25, 0.3) is 5.91 Å². The molecular formula is C18H27ClN2O3. The Morgan fingerprint density at radius 3 is 2.92 bits per heavy atom. The SMILES string of the molecule is Cl.O=C(c1cccc(CC2CCNCC2)c1)N1CCOCC(O)C1. The number of halogens is 1. The number of nitrogens with one attached hydrogen (secondary N) is 1. The Labute approximate surface area is 149 Å². The molecule has 24 heavy (non-hydrogen) atoms. The Balaban J connectivity index is 0.00000208. The lowest BCUT2D eigenvalue weighted by Crippen LogP contribution is -2.37. The number of carbonyl (C=O) groups excluding carboxylic acids is 1. The molecule has 0 radical (unpaired) electrons. The molecule has 1 aromatic carbocycles. The lowest BCUT2D eigenvalue weighted by molar-refractivity contribution is 0.0534. The van der Waals surface area contributed by atoms with Gasteiger partial charge in [0.2, 0.25) is 0 Å². The van der Waals surface area contributed by atoms with Crippen LogP contribution in [0.25, 0.3) is 0 Å². The number of piperidine rings is 1. The van der Waals surface area contributed by atoms with Gasteiger partial charge in [0.1, 0.15) is 0 Å². The van der Waals surface area contributed by atoms with Crippen LogP contribution < -0.4 is 5.32 Å². The molecule has 134 valence electrons. The van der Waals surface area contributed by atoms with Crippen LogP contribution in [0.15, 0.2) is 24.3 Å². The zero-order valence-corrected chi connectivity index (χ0v) is 14.8. The minimum Gasteiger partial charge on any atom is -0.389 e. The second kappa shape index (κ2) is 9.37. The Kier molecular flexibility index (Phi) is 7.49. The fraction of sp³-hybridized carbons (Fsp3) is 0.611. The maximum Gasteiger partial charge on any atom is 0.254 e. The molecular weight excluding hydrogens is 328 g/mol. The van der Waals surface area contributed by atoms with Crippen LogP contribution in [0.2, 0.25) is 0 Å². The van der Waals surface area contributed by atoms with E-state index < -0.39 is 6.10 Å². The number of aliphatic hydroxyl groups excluding tert-OH is 1. The first-order valence-electron chi connectivity index (χ1n) is 8.57. The van der Waals surface area contributed by atoms with Crippen molar-refractivity contribution in [2.45, 2.75) is 25.4 Å². The number of hydrogen-bond donors (Lipinski definition) is 2. The van der Waals surface area contributed by atoms with Crippen molar-refractivity contribution in [2.75, 3.05) is 39.4 Å². The molecule has 0 saturated carbocycles. The van der Waals surface area contributed by atoms with Crippen LogP contribution in [0.3, 0.4) is 0 Å². The summed E-state index contributed by atoms with van der Waals surface area (Å²) in [6.07, 6.45) is 2.84. The van der Waals surface area contributed by atoms with E-state index in [4.69, 9.17) is 4.74 Å². The summed E-state index contributed by atoms with van der Waals surface area (Å²) < 4.78 is 5.30. The smallest absolute Gasteiger partial charge is 0.254 e. The van der Waals surface area contributed by atoms with Crippen molar-refractivity contribution in [1.82, 2.24) is 10.2 Å². The van der Waals surface area contributed by atoms with Gasteiger partial charge in [-0.15, -0.1) is 12.4 Å². The first-order valence-corrected chi connectivity index (χ1v) is 8.57. The number of carbonyl (C=O) groups is 1. The summed E-state index contributed by atoms with van der Waals surface area (Å²) in [4.78, 5) is 14.4. The van der Waals surface area contributed by atoms with Crippen LogP contribution in [-0.2, 0) is 11.2 Å². The van der Waals surface area contributed by atoms with Crippen molar-refractivity contribution in [3.63, 3.8) is 0 Å². The lowest BCUT2D eigenvalue weighted by atomic mass is 9.90. The second-order valence-electron chi connectivity index (χ2n) is 6.58. The first kappa shape index (κ1) is 19.2. The summed E-state index contributed by atoms with van der Waals surface area (Å²) >= 11 is 0. The number of benzene rings is 1. The van der Waals surface area contributed by atoms with Crippen LogP contribution in [0.5, 0.6) is 0 Å². The number of aliphatic hydroxyl groups is 1. The summed E-state index contributed by atoms with van der Waals surface area (Å²) in [6.45, 7) is 3.85. The van der Waals surface area contributed by atoms with Crippen LogP contribution in [0.4, 0.5) is 0 Å². The van der Waals surface area contributed by atoms with Crippen LogP contribution in [0, 0.1) is 5.92 Å². The normalized spacial score (nSPS) is 22.5. The fourth-order valence-electron chi connectivity index (χ4n) is 3.41. The Morgan fingerprint density at radius 1 is 1.33 bits per heavy atom. The monoisotopic (exact) mass is 354 g/mol. The minimum absolute atomic E-state index is 0. The van der Waals surface area contributed by atoms with Gasteiger partial charge in [-0.25, -0.2) is 0 Å². The van der Waals surface area contributed by atoms with E-state index in [1.54, 1.807) is 4.90 Å². The quantitative estimate of drug-likeness (QED) is 0.863. The van der Waals surface area contributed by atoms with Gasteiger partial charge in [0.05, 0.1) is 19.3 Å². The lowest BCUT2D eigenvalue weighted by Gasteiger charge is -2.23. The molecule has 2 aliphatic rings. The second-order valence-corrected chi connectivity index (χ2v) is 6.58. The molecule has 1 amide bonds. The van der Waals surface area contributed by atoms with Gasteiger partial charge < -0.3 is 20.1 Å². The third-order valence-electron chi connectivity index (χ3n) is 4.69. The van der Waals surface area contributed by atoms with E-state index in [1.165, 1.54) is 18.4 Å². The highest BCUT2D eigenvalue weighted by atomic mass is 35.5. The molecule has 1 atom stereocenters. The van der Waals surface area contributed by atoms with E-state index in [2.05, 4.69) is 11.4 Å². The molecule has 0 bridgehead atoms. The zero-order valence-electron chi connectivity index (χ0n) is 13.9. The maximum absolute atomic E-state index is 12.7. The molecule has 5 nitrogen and oxygen atoms in total. The van der Waals surface area contributed by atoms with E-state index in [-0.39, 0.29) is 18.3 Å². The number of rotatable bonds is 3. The Hall–Kier alpha value is -1.14. The van der Waals surface area contributed by atoms with E-state index >= 15 is 0 Å². The van der Waals surface area contributed by atoms with Crippen LogP contribution in [0.1, 0.15) is 28.8 Å². The summed E-state index contributed by atoms with van der Waals surface area (Å²) in [7, 11) is 0. The average molecular weight is 355 g/mol. The van der Waals surface area contributed by atoms with Crippen LogP contribution >= 0.6 is 12.4 Å². The molecule has 2 heterocycles. The number of nitrogens with zero attached hydrogens (tertiary/aromatic N) is 1. The Morgan fingerprint density at radius 2 is 2.12 bits per heavy atom. The topological polar surface area (TPSA) is 61.8 Å². The molecule has 2 aliphatic heterocycles. The molecule has 0 aromatic heterocycles. The highest BCUT2D eigenvalue weighted by Gasteiger charge is 2.22. The third kappa shape index (κ3) is 5.18. The molecule has 1 aromatic rings. The highest BCUT2D eigenvalue weighted by Crippen LogP contribution is 2.19. The van der Waals surface area contributed by atoms with Crippen molar-refractivity contribution < 1.29 is 14.6 Å². The largest absolute Gasteiger partial charge is 0.389 e. The van der Waals surface area contributed by atoms with Crippen molar-refractivity contribution in [3.8, 4) is 0 Å². The van der Waals surface area contributed by atoms with Crippen molar-refractivity contribution in [2.24, 2.45) is 5.92 Å². The maximum atomic E-state index is 12.7. The summed E-state index contributed by atoms with van der Waals surface area (Å²) in [5.41, 5.74) is 1.94. The van der Waals surface area contributed by atoms with Gasteiger partial charge >= 0.3 is 0 Å². The zero-order chi connectivity index (χ0) is 16.1. The van der Waals surface area contributed by atoms with Crippen molar-refractivity contribution in [1.29, 1.82) is 0 Å². The molecule has 0 spiro atoms. The van der Waals surface area contributed by atoms with Gasteiger partial charge in [0, 0.05) is 18.7 Å². The van der Waals surface area contributed by atoms with Gasteiger partial charge in [-0.1, -0.05) is 12.1 Å². The number of ether oxygens (including phenoxy) is 1. The van der Waals surface area contributed by atoms with E-state index in [0.717, 1.165) is 19.5 Å². The van der Waals surface area contributed by atoms with Gasteiger partial charge in [0.15, 0.2) is 0 Å². The summed E-state index contributed by atoms with van der Waals surface area (Å²) in [5, 5.41) is 13.2. The molecule has 1 unspecified atom stereocenters. The van der Waals surface area contributed by atoms with E-state index in [1.807, 2.05) is 18.2 Å². The standard InChI is InChI=1S/C18H26N2O3.ClH/c21-17-12-20(8-9-23-13-17)18(22)16-3-1-2-15(11-16)10-14-4-6-19-7-5-14;/h1-3,11,14,17,19,21H,4-10,12-13H2;1H. The Bertz CT molecular complexity index is 535. The van der Waals surface area contributed by atoms with Crippen molar-refractivity contribution >= 4 is 18.3 Å². The molecule has 3 rings (SSSR count). The summed E-state index contributed by atoms with van der Waals surface area (Å²) in [6, 6.07) is 7.96. The highest BCUT2D eigenvalue weighted by molar-refractivity contribution is 5.94. The van der Waals surface area contributed by atoms with Gasteiger partial charge in [-0.2, -0.15) is 0 Å². The molecule has 2 N–H and O–H groups in total. The third-order valence-corrected chi connectivity index (χ3v) is 4.69. The fourth-order valence-corrected chi connectivity index (χ4v) is 3.41. The number of β-amino-alcohol motifs (C(OH)–C–C–N with tert-alkyl or cyclic N) is 1. The van der Waals surface area contributed by atoms with Crippen LogP contribution in [-0.4, -0.2) is 61.4 Å². The average Bonchev–Trinajstić information content (AvgIpc) is 2.80. The molecule has 2 fully saturated rings. The predicted octanol–water partition coefficient (Wildman–Crippen LogP) is 1.48. The van der Waals surface area contributed by atoms with E-state index in [0.29, 0.717) is 37.8 Å². The molecule has 2 saturated heterocycles. The van der Waals surface area contributed by atoms with Gasteiger partial charge in [-0.3, -0.25) is 4.79 Å². The minimum atomic E-state index is -0.598. The number of hydrogen-bond acceptors (Lipinski definition) is 4. The predicted molar refractivity (Wildman–Crippen MR) is 95.7 cm³/mol. The van der Waals surface area contributed by atoms with Gasteiger partial charge in [-0.05, 0) is 56.0 Å². The number of amides is 1. The molecule has 6 heteroatoms. The summed E-state index contributed by atoms with van der Waals surface area (Å²) in [5.74, 6) is 0.691. The molecule has 0 aliphatic carbocycles. The van der Waals surface area contributed by atoms with Crippen molar-refractivity contribution in [3.05, 3.63) is 35.4 Å². The van der Waals surface area contributed by atoms with E-state index in [9.17, 15) is 9.90 Å².